The monoisotopic (exact) mass is 299 g/mol. The Morgan fingerprint density at radius 1 is 1.48 bits per heavy atom. The largest absolute Gasteiger partial charge is 0.497 e. The molecule has 1 aliphatic rings. The van der Waals surface area contributed by atoms with Gasteiger partial charge in [-0.1, -0.05) is 12.1 Å². The zero-order valence-electron chi connectivity index (χ0n) is 11.9. The van der Waals surface area contributed by atoms with Crippen molar-refractivity contribution >= 4 is 5.91 Å². The second kappa shape index (κ2) is 5.97. The number of hydrogen-bond donors (Lipinski definition) is 2. The molecule has 0 aromatic heterocycles. The van der Waals surface area contributed by atoms with E-state index in [-0.39, 0.29) is 19.4 Å². The number of nitrogens with one attached hydrogen (secondary N) is 1. The summed E-state index contributed by atoms with van der Waals surface area (Å²) in [5.41, 5.74) is -1.30. The summed E-state index contributed by atoms with van der Waals surface area (Å²) in [4.78, 5) is 11.6. The third-order valence-corrected chi connectivity index (χ3v) is 3.88. The van der Waals surface area contributed by atoms with Crippen molar-refractivity contribution in [3.8, 4) is 5.75 Å². The Labute approximate surface area is 122 Å². The van der Waals surface area contributed by atoms with E-state index in [1.54, 1.807) is 25.3 Å². The maximum atomic E-state index is 13.8. The summed E-state index contributed by atoms with van der Waals surface area (Å²) >= 11 is 0. The number of rotatable bonds is 6. The van der Waals surface area contributed by atoms with Crippen LogP contribution >= 0.6 is 0 Å². The van der Waals surface area contributed by atoms with E-state index in [0.29, 0.717) is 18.6 Å². The van der Waals surface area contributed by atoms with E-state index in [1.165, 1.54) is 0 Å². The van der Waals surface area contributed by atoms with Crippen LogP contribution in [-0.2, 0) is 11.2 Å². The van der Waals surface area contributed by atoms with Crippen molar-refractivity contribution in [2.45, 2.75) is 37.2 Å². The molecule has 0 radical (unpaired) electrons. The lowest BCUT2D eigenvalue weighted by Gasteiger charge is -2.41. The minimum Gasteiger partial charge on any atom is -0.497 e. The van der Waals surface area contributed by atoms with Gasteiger partial charge >= 0.3 is 5.92 Å². The molecule has 0 atom stereocenters. The molecule has 2 rings (SSSR count). The van der Waals surface area contributed by atoms with Crippen molar-refractivity contribution in [1.82, 2.24) is 5.32 Å². The fourth-order valence-electron chi connectivity index (χ4n) is 2.30. The number of aliphatic hydroxyl groups is 1. The average Bonchev–Trinajstić information content (AvgIpc) is 2.44. The molecule has 0 aliphatic heterocycles. The van der Waals surface area contributed by atoms with Gasteiger partial charge in [0.1, 0.15) is 11.4 Å². The fraction of sp³-hybridized carbons (Fsp3) is 0.533. The molecule has 0 saturated heterocycles. The Kier molecular flexibility index (Phi) is 4.46. The lowest BCUT2D eigenvalue weighted by atomic mass is 9.75. The first-order valence-corrected chi connectivity index (χ1v) is 6.90. The summed E-state index contributed by atoms with van der Waals surface area (Å²) in [5, 5.41) is 11.9. The minimum absolute atomic E-state index is 0.0384. The van der Waals surface area contributed by atoms with Gasteiger partial charge < -0.3 is 15.2 Å². The van der Waals surface area contributed by atoms with Crippen LogP contribution in [0, 0.1) is 0 Å². The Balaban J connectivity index is 1.86. The predicted molar refractivity (Wildman–Crippen MR) is 73.5 cm³/mol. The van der Waals surface area contributed by atoms with Gasteiger partial charge in [-0.3, -0.25) is 4.79 Å². The predicted octanol–water partition coefficient (Wildman–Crippen LogP) is 1.90. The quantitative estimate of drug-likeness (QED) is 0.843. The van der Waals surface area contributed by atoms with Crippen molar-refractivity contribution in [3.05, 3.63) is 29.8 Å². The zero-order chi connectivity index (χ0) is 15.5. The van der Waals surface area contributed by atoms with E-state index in [0.717, 1.165) is 5.56 Å². The second-order valence-electron chi connectivity index (χ2n) is 5.32. The average molecular weight is 299 g/mol. The number of benzene rings is 1. The van der Waals surface area contributed by atoms with Gasteiger partial charge in [-0.25, -0.2) is 0 Å². The standard InChI is InChI=1S/C15H19F2NO3/c1-21-12-5-2-4-11(10-12)6-9-18-13(19)15(16,17)14(20)7-3-8-14/h2,4-5,10,20H,3,6-9H2,1H3,(H,18,19). The van der Waals surface area contributed by atoms with Crippen LogP contribution in [0.1, 0.15) is 24.8 Å². The summed E-state index contributed by atoms with van der Waals surface area (Å²) in [7, 11) is 1.54. The van der Waals surface area contributed by atoms with Crippen LogP contribution in [-0.4, -0.2) is 36.2 Å². The van der Waals surface area contributed by atoms with E-state index < -0.39 is 17.4 Å². The normalized spacial score (nSPS) is 17.0. The van der Waals surface area contributed by atoms with Crippen molar-refractivity contribution in [2.75, 3.05) is 13.7 Å². The second-order valence-corrected chi connectivity index (χ2v) is 5.32. The summed E-state index contributed by atoms with van der Waals surface area (Å²) in [6.45, 7) is 0.0810. The summed E-state index contributed by atoms with van der Waals surface area (Å²) in [5.74, 6) is -4.47. The van der Waals surface area contributed by atoms with Gasteiger partial charge in [-0.2, -0.15) is 8.78 Å². The molecule has 6 heteroatoms. The molecule has 1 saturated carbocycles. The highest BCUT2D eigenvalue weighted by atomic mass is 19.3. The van der Waals surface area contributed by atoms with Gasteiger partial charge in [0.2, 0.25) is 0 Å². The minimum atomic E-state index is -3.74. The summed E-state index contributed by atoms with van der Waals surface area (Å²) in [6.07, 6.45) is 0.854. The molecule has 1 aliphatic carbocycles. The summed E-state index contributed by atoms with van der Waals surface area (Å²) < 4.78 is 32.7. The zero-order valence-corrected chi connectivity index (χ0v) is 11.9. The first-order chi connectivity index (χ1) is 9.89. The molecule has 1 fully saturated rings. The molecule has 0 bridgehead atoms. The first-order valence-electron chi connectivity index (χ1n) is 6.90. The molecule has 0 heterocycles. The van der Waals surface area contributed by atoms with Crippen molar-refractivity contribution < 1.29 is 23.4 Å². The smallest absolute Gasteiger partial charge is 0.352 e. The molecule has 2 N–H and O–H groups in total. The molecule has 0 unspecified atom stereocenters. The number of amides is 1. The number of halogens is 2. The third kappa shape index (κ3) is 3.15. The van der Waals surface area contributed by atoms with E-state index in [9.17, 15) is 18.7 Å². The number of hydrogen-bond acceptors (Lipinski definition) is 3. The number of methoxy groups -OCH3 is 1. The van der Waals surface area contributed by atoms with Gasteiger partial charge in [0.05, 0.1) is 7.11 Å². The van der Waals surface area contributed by atoms with Crippen LogP contribution in [0.4, 0.5) is 8.78 Å². The number of carbonyl (C=O) groups is 1. The molecule has 1 aromatic carbocycles. The topological polar surface area (TPSA) is 58.6 Å². The lowest BCUT2D eigenvalue weighted by molar-refractivity contribution is -0.215. The van der Waals surface area contributed by atoms with Crippen LogP contribution in [0.3, 0.4) is 0 Å². The molecule has 1 aromatic rings. The molecular weight excluding hydrogens is 280 g/mol. The summed E-state index contributed by atoms with van der Waals surface area (Å²) in [6, 6.07) is 7.18. The first kappa shape index (κ1) is 15.7. The number of ether oxygens (including phenoxy) is 1. The van der Waals surface area contributed by atoms with E-state index in [4.69, 9.17) is 4.74 Å². The Morgan fingerprint density at radius 3 is 2.76 bits per heavy atom. The highest BCUT2D eigenvalue weighted by molar-refractivity contribution is 5.85. The molecule has 0 spiro atoms. The Hall–Kier alpha value is -1.69. The SMILES string of the molecule is COc1cccc(CCNC(=O)C(F)(F)C2(O)CCC2)c1. The van der Waals surface area contributed by atoms with Crippen molar-refractivity contribution in [2.24, 2.45) is 0 Å². The highest BCUT2D eigenvalue weighted by Crippen LogP contribution is 2.44. The molecule has 4 nitrogen and oxygen atoms in total. The van der Waals surface area contributed by atoms with Crippen molar-refractivity contribution in [1.29, 1.82) is 0 Å². The maximum absolute atomic E-state index is 13.8. The van der Waals surface area contributed by atoms with E-state index in [1.807, 2.05) is 6.07 Å². The number of alkyl halides is 2. The molecular formula is C15H19F2NO3. The van der Waals surface area contributed by atoms with Gasteiger partial charge in [-0.05, 0) is 43.4 Å². The van der Waals surface area contributed by atoms with Crippen LogP contribution < -0.4 is 10.1 Å². The van der Waals surface area contributed by atoms with Crippen LogP contribution in [0.25, 0.3) is 0 Å². The highest BCUT2D eigenvalue weighted by Gasteiger charge is 2.60. The van der Waals surface area contributed by atoms with Crippen LogP contribution in [0.2, 0.25) is 0 Å². The molecule has 21 heavy (non-hydrogen) atoms. The van der Waals surface area contributed by atoms with Crippen LogP contribution in [0.5, 0.6) is 5.75 Å². The van der Waals surface area contributed by atoms with Gasteiger partial charge in [0.15, 0.2) is 0 Å². The Bertz CT molecular complexity index is 515. The van der Waals surface area contributed by atoms with Crippen LogP contribution in [0.15, 0.2) is 24.3 Å². The van der Waals surface area contributed by atoms with E-state index in [2.05, 4.69) is 5.32 Å². The molecule has 116 valence electrons. The number of carbonyl (C=O) groups excluding carboxylic acids is 1. The Morgan fingerprint density at radius 2 is 2.19 bits per heavy atom. The fourth-order valence-corrected chi connectivity index (χ4v) is 2.30. The third-order valence-electron chi connectivity index (χ3n) is 3.88. The lowest BCUT2D eigenvalue weighted by Crippen LogP contribution is -2.60. The van der Waals surface area contributed by atoms with Gasteiger partial charge in [-0.15, -0.1) is 0 Å². The molecule has 1 amide bonds. The maximum Gasteiger partial charge on any atom is 0.352 e. The van der Waals surface area contributed by atoms with Gasteiger partial charge in [0, 0.05) is 6.54 Å². The van der Waals surface area contributed by atoms with Gasteiger partial charge in [0.25, 0.3) is 5.91 Å². The van der Waals surface area contributed by atoms with Crippen molar-refractivity contribution in [3.63, 3.8) is 0 Å². The van der Waals surface area contributed by atoms with E-state index >= 15 is 0 Å².